The molecule has 0 heterocycles. The highest BCUT2D eigenvalue weighted by Crippen LogP contribution is 2.26. The lowest BCUT2D eigenvalue weighted by molar-refractivity contribution is -0.135. The van der Waals surface area contributed by atoms with E-state index in [4.69, 9.17) is 10.00 Å². The minimum Gasteiger partial charge on any atom is -0.488 e. The number of halogens is 1. The van der Waals surface area contributed by atoms with Crippen molar-refractivity contribution < 1.29 is 14.3 Å². The number of nitrogens with zero attached hydrogens (tertiary/aromatic N) is 1. The molecular weight excluding hydrogens is 358 g/mol. The molecule has 0 aliphatic heterocycles. The van der Waals surface area contributed by atoms with Crippen LogP contribution in [0.5, 0.6) is 5.75 Å². The molecule has 0 fully saturated rings. The van der Waals surface area contributed by atoms with Gasteiger partial charge in [-0.1, -0.05) is 46.3 Å². The molecule has 2 rings (SSSR count). The predicted octanol–water partition coefficient (Wildman–Crippen LogP) is 4.11. The van der Waals surface area contributed by atoms with E-state index in [1.54, 1.807) is 12.1 Å². The SMILES string of the molecule is COC(=O)/C(C#N)=C\c1cc(Br)ccc1OCc1ccccc1. The maximum Gasteiger partial charge on any atom is 0.348 e. The van der Waals surface area contributed by atoms with Crippen molar-refractivity contribution in [1.82, 2.24) is 0 Å². The predicted molar refractivity (Wildman–Crippen MR) is 90.5 cm³/mol. The van der Waals surface area contributed by atoms with Crippen LogP contribution in [-0.2, 0) is 16.1 Å². The highest BCUT2D eigenvalue weighted by molar-refractivity contribution is 9.10. The van der Waals surface area contributed by atoms with E-state index in [1.165, 1.54) is 13.2 Å². The molecule has 0 unspecified atom stereocenters. The Bertz CT molecular complexity index is 764. The Labute approximate surface area is 143 Å². The molecule has 0 N–H and O–H groups in total. The number of carbonyl (C=O) groups excluding carboxylic acids is 1. The number of hydrogen-bond acceptors (Lipinski definition) is 4. The maximum absolute atomic E-state index is 11.6. The van der Waals surface area contributed by atoms with Crippen LogP contribution in [0, 0.1) is 11.3 Å². The van der Waals surface area contributed by atoms with Crippen LogP contribution in [0.1, 0.15) is 11.1 Å². The Hall–Kier alpha value is -2.58. The van der Waals surface area contributed by atoms with Gasteiger partial charge in [-0.25, -0.2) is 4.79 Å². The molecule has 0 amide bonds. The van der Waals surface area contributed by atoms with Gasteiger partial charge in [-0.05, 0) is 29.8 Å². The largest absolute Gasteiger partial charge is 0.488 e. The normalized spacial score (nSPS) is 10.7. The van der Waals surface area contributed by atoms with E-state index in [0.717, 1.165) is 10.0 Å². The van der Waals surface area contributed by atoms with Gasteiger partial charge in [0.2, 0.25) is 0 Å². The van der Waals surface area contributed by atoms with Crippen LogP contribution in [0.2, 0.25) is 0 Å². The topological polar surface area (TPSA) is 59.3 Å². The Morgan fingerprint density at radius 3 is 2.65 bits per heavy atom. The molecule has 5 heteroatoms. The Morgan fingerprint density at radius 1 is 1.26 bits per heavy atom. The standard InChI is InChI=1S/C18H14BrNO3/c1-22-18(21)15(11-20)9-14-10-16(19)7-8-17(14)23-12-13-5-3-2-4-6-13/h2-10H,12H2,1H3/b15-9-. The lowest BCUT2D eigenvalue weighted by Gasteiger charge is -2.10. The molecular formula is C18H14BrNO3. The third kappa shape index (κ3) is 4.70. The van der Waals surface area contributed by atoms with Gasteiger partial charge < -0.3 is 9.47 Å². The smallest absolute Gasteiger partial charge is 0.348 e. The molecule has 0 atom stereocenters. The number of methoxy groups -OCH3 is 1. The first-order chi connectivity index (χ1) is 11.1. The van der Waals surface area contributed by atoms with Gasteiger partial charge in [0.1, 0.15) is 24.0 Å². The first-order valence-electron chi connectivity index (χ1n) is 6.80. The molecule has 0 saturated carbocycles. The fourth-order valence-corrected chi connectivity index (χ4v) is 2.28. The molecule has 0 aliphatic carbocycles. The summed E-state index contributed by atoms with van der Waals surface area (Å²) in [5.74, 6) is -0.102. The van der Waals surface area contributed by atoms with Crippen molar-refractivity contribution in [2.75, 3.05) is 7.11 Å². The van der Waals surface area contributed by atoms with E-state index in [9.17, 15) is 4.79 Å². The Morgan fingerprint density at radius 2 is 2.00 bits per heavy atom. The van der Waals surface area contributed by atoms with Crippen molar-refractivity contribution >= 4 is 28.0 Å². The molecule has 0 saturated heterocycles. The van der Waals surface area contributed by atoms with Crippen molar-refractivity contribution in [3.8, 4) is 11.8 Å². The summed E-state index contributed by atoms with van der Waals surface area (Å²) in [6.07, 6.45) is 1.46. The fraction of sp³-hybridized carbons (Fsp3) is 0.111. The lowest BCUT2D eigenvalue weighted by Crippen LogP contribution is -2.03. The average Bonchev–Trinajstić information content (AvgIpc) is 2.59. The highest BCUT2D eigenvalue weighted by Gasteiger charge is 2.11. The Balaban J connectivity index is 2.29. The summed E-state index contributed by atoms with van der Waals surface area (Å²) >= 11 is 3.37. The van der Waals surface area contributed by atoms with Crippen LogP contribution < -0.4 is 4.74 Å². The van der Waals surface area contributed by atoms with Gasteiger partial charge in [-0.3, -0.25) is 0 Å². The third-order valence-corrected chi connectivity index (χ3v) is 3.53. The summed E-state index contributed by atoms with van der Waals surface area (Å²) < 4.78 is 11.2. The summed E-state index contributed by atoms with van der Waals surface area (Å²) in [6.45, 7) is 0.392. The van der Waals surface area contributed by atoms with Crippen molar-refractivity contribution in [3.05, 3.63) is 69.7 Å². The second-order valence-corrected chi connectivity index (χ2v) is 5.53. The maximum atomic E-state index is 11.6. The molecule has 0 radical (unpaired) electrons. The van der Waals surface area contributed by atoms with Crippen molar-refractivity contribution in [2.24, 2.45) is 0 Å². The van der Waals surface area contributed by atoms with E-state index in [-0.39, 0.29) is 5.57 Å². The summed E-state index contributed by atoms with van der Waals surface area (Å²) in [7, 11) is 1.24. The summed E-state index contributed by atoms with van der Waals surface area (Å²) in [5, 5.41) is 9.09. The van der Waals surface area contributed by atoms with E-state index < -0.39 is 5.97 Å². The minimum atomic E-state index is -0.679. The van der Waals surface area contributed by atoms with Gasteiger partial charge in [0.25, 0.3) is 0 Å². The molecule has 0 spiro atoms. The minimum absolute atomic E-state index is 0.0878. The van der Waals surface area contributed by atoms with Gasteiger partial charge in [0, 0.05) is 10.0 Å². The van der Waals surface area contributed by atoms with Gasteiger partial charge >= 0.3 is 5.97 Å². The summed E-state index contributed by atoms with van der Waals surface area (Å²) in [5.41, 5.74) is 1.56. The average molecular weight is 372 g/mol. The van der Waals surface area contributed by atoms with E-state index in [2.05, 4.69) is 20.7 Å². The zero-order valence-electron chi connectivity index (χ0n) is 12.5. The molecule has 0 aliphatic rings. The van der Waals surface area contributed by atoms with Crippen LogP contribution >= 0.6 is 15.9 Å². The zero-order chi connectivity index (χ0) is 16.7. The molecule has 0 aromatic heterocycles. The van der Waals surface area contributed by atoms with Crippen LogP contribution in [0.15, 0.2) is 58.6 Å². The van der Waals surface area contributed by atoms with E-state index >= 15 is 0 Å². The number of hydrogen-bond donors (Lipinski definition) is 0. The molecule has 0 bridgehead atoms. The zero-order valence-corrected chi connectivity index (χ0v) is 14.0. The van der Waals surface area contributed by atoms with Gasteiger partial charge in [-0.2, -0.15) is 5.26 Å². The number of nitriles is 1. The van der Waals surface area contributed by atoms with E-state index in [1.807, 2.05) is 42.5 Å². The second-order valence-electron chi connectivity index (χ2n) is 4.62. The van der Waals surface area contributed by atoms with Gasteiger partial charge in [-0.15, -0.1) is 0 Å². The summed E-state index contributed by atoms with van der Waals surface area (Å²) in [6, 6.07) is 17.0. The molecule has 2 aromatic rings. The molecule has 23 heavy (non-hydrogen) atoms. The van der Waals surface area contributed by atoms with Gasteiger partial charge in [0.15, 0.2) is 0 Å². The monoisotopic (exact) mass is 371 g/mol. The van der Waals surface area contributed by atoms with Crippen LogP contribution in [0.3, 0.4) is 0 Å². The first kappa shape index (κ1) is 16.8. The summed E-state index contributed by atoms with van der Waals surface area (Å²) in [4.78, 5) is 11.6. The second kappa shape index (κ2) is 8.16. The molecule has 4 nitrogen and oxygen atoms in total. The highest BCUT2D eigenvalue weighted by atomic mass is 79.9. The lowest BCUT2D eigenvalue weighted by atomic mass is 10.1. The number of rotatable bonds is 5. The van der Waals surface area contributed by atoms with Crippen molar-refractivity contribution in [1.29, 1.82) is 5.26 Å². The van der Waals surface area contributed by atoms with Crippen LogP contribution in [0.4, 0.5) is 0 Å². The number of esters is 1. The number of ether oxygens (including phenoxy) is 2. The Kier molecular flexibility index (Phi) is 5.95. The third-order valence-electron chi connectivity index (χ3n) is 3.03. The van der Waals surface area contributed by atoms with Crippen molar-refractivity contribution in [3.63, 3.8) is 0 Å². The van der Waals surface area contributed by atoms with Gasteiger partial charge in [0.05, 0.1) is 7.11 Å². The molecule has 2 aromatic carbocycles. The number of carbonyl (C=O) groups is 1. The van der Waals surface area contributed by atoms with Crippen molar-refractivity contribution in [2.45, 2.75) is 6.61 Å². The quantitative estimate of drug-likeness (QED) is 0.450. The number of benzene rings is 2. The van der Waals surface area contributed by atoms with Crippen LogP contribution in [-0.4, -0.2) is 13.1 Å². The fourth-order valence-electron chi connectivity index (χ4n) is 1.90. The molecule has 116 valence electrons. The van der Waals surface area contributed by atoms with Crippen LogP contribution in [0.25, 0.3) is 6.08 Å². The first-order valence-corrected chi connectivity index (χ1v) is 7.59. The van der Waals surface area contributed by atoms with E-state index in [0.29, 0.717) is 17.9 Å².